The smallest absolute Gasteiger partial charge is 0.0541 e. The molecule has 1 rings (SSSR count). The third-order valence-corrected chi connectivity index (χ3v) is 1.58. The Kier molecular flexibility index (Phi) is 4.47. The lowest BCUT2D eigenvalue weighted by Gasteiger charge is -2.01. The molecule has 0 aliphatic rings. The molecule has 0 saturated carbocycles. The molecule has 0 unspecified atom stereocenters. The number of hydrogen-bond acceptors (Lipinski definition) is 1. The summed E-state index contributed by atoms with van der Waals surface area (Å²) >= 11 is 0. The second kappa shape index (κ2) is 5.78. The van der Waals surface area contributed by atoms with E-state index in [-0.39, 0.29) is 0 Å². The fraction of sp³-hybridized carbons (Fsp3) is 0.364. The van der Waals surface area contributed by atoms with Crippen molar-refractivity contribution in [2.75, 3.05) is 13.2 Å². The van der Waals surface area contributed by atoms with Gasteiger partial charge >= 0.3 is 0 Å². The Morgan fingerprint density at radius 3 is 2.67 bits per heavy atom. The summed E-state index contributed by atoms with van der Waals surface area (Å²) in [6.07, 6.45) is 3.18. The van der Waals surface area contributed by atoms with E-state index in [2.05, 4.69) is 25.5 Å². The molecular formula is C11H15O. The molecule has 65 valence electrons. The van der Waals surface area contributed by atoms with Gasteiger partial charge in [0, 0.05) is 13.0 Å². The van der Waals surface area contributed by atoms with Crippen LogP contribution in [0.3, 0.4) is 0 Å². The summed E-state index contributed by atoms with van der Waals surface area (Å²) < 4.78 is 5.33. The minimum Gasteiger partial charge on any atom is -0.381 e. The van der Waals surface area contributed by atoms with Crippen LogP contribution in [0.2, 0.25) is 0 Å². The van der Waals surface area contributed by atoms with Crippen LogP contribution in [0, 0.1) is 6.42 Å². The van der Waals surface area contributed by atoms with Crippen LogP contribution in [0.4, 0.5) is 0 Å². The highest BCUT2D eigenvalue weighted by Crippen LogP contribution is 2.01. The van der Waals surface area contributed by atoms with E-state index in [4.69, 9.17) is 4.74 Å². The molecule has 12 heavy (non-hydrogen) atoms. The maximum absolute atomic E-state index is 5.33. The zero-order valence-electron chi connectivity index (χ0n) is 7.49. The summed E-state index contributed by atoms with van der Waals surface area (Å²) in [5.74, 6) is 0. The number of rotatable bonds is 5. The summed E-state index contributed by atoms with van der Waals surface area (Å²) in [6.45, 7) is 3.68. The highest BCUT2D eigenvalue weighted by Gasteiger charge is 1.90. The van der Waals surface area contributed by atoms with E-state index < -0.39 is 0 Å². The van der Waals surface area contributed by atoms with Gasteiger partial charge in [0.15, 0.2) is 0 Å². The summed E-state index contributed by atoms with van der Waals surface area (Å²) in [4.78, 5) is 0. The second-order valence-electron chi connectivity index (χ2n) is 2.69. The average molecular weight is 163 g/mol. The van der Waals surface area contributed by atoms with Crippen LogP contribution in [-0.4, -0.2) is 13.2 Å². The molecular weight excluding hydrogens is 148 g/mol. The Balaban J connectivity index is 2.16. The van der Waals surface area contributed by atoms with Gasteiger partial charge in [0.25, 0.3) is 0 Å². The van der Waals surface area contributed by atoms with Crippen molar-refractivity contribution in [2.45, 2.75) is 13.3 Å². The largest absolute Gasteiger partial charge is 0.381 e. The normalized spacial score (nSPS) is 10.1. The number of benzene rings is 1. The third kappa shape index (κ3) is 3.54. The summed E-state index contributed by atoms with van der Waals surface area (Å²) in [5, 5.41) is 0. The summed E-state index contributed by atoms with van der Waals surface area (Å²) in [6, 6.07) is 10.2. The molecule has 0 aromatic heterocycles. The van der Waals surface area contributed by atoms with Crippen molar-refractivity contribution in [2.24, 2.45) is 0 Å². The van der Waals surface area contributed by atoms with Gasteiger partial charge in [0.05, 0.1) is 6.61 Å². The first-order valence-electron chi connectivity index (χ1n) is 4.39. The lowest BCUT2D eigenvalue weighted by atomic mass is 10.2. The maximum atomic E-state index is 5.33. The van der Waals surface area contributed by atoms with Crippen molar-refractivity contribution in [3.05, 3.63) is 42.3 Å². The minimum atomic E-state index is 0.720. The summed E-state index contributed by atoms with van der Waals surface area (Å²) in [7, 11) is 0. The van der Waals surface area contributed by atoms with E-state index in [0.717, 1.165) is 19.6 Å². The molecule has 1 radical (unpaired) electrons. The zero-order valence-corrected chi connectivity index (χ0v) is 7.49. The third-order valence-electron chi connectivity index (χ3n) is 1.58. The standard InChI is InChI=1S/C11H15O/c1-2-9-12-10-8-11-6-4-3-5-7-11/h3-8H,2,9-10H2,1H3. The maximum Gasteiger partial charge on any atom is 0.0541 e. The fourth-order valence-electron chi connectivity index (χ4n) is 0.972. The minimum absolute atomic E-state index is 0.720. The van der Waals surface area contributed by atoms with E-state index in [1.807, 2.05) is 18.2 Å². The first-order chi connectivity index (χ1) is 5.93. The van der Waals surface area contributed by atoms with Gasteiger partial charge in [-0.1, -0.05) is 37.3 Å². The lowest BCUT2D eigenvalue weighted by Crippen LogP contribution is -1.96. The van der Waals surface area contributed by atoms with E-state index in [1.54, 1.807) is 0 Å². The van der Waals surface area contributed by atoms with Crippen LogP contribution in [0.25, 0.3) is 0 Å². The van der Waals surface area contributed by atoms with Crippen molar-refractivity contribution in [3.63, 3.8) is 0 Å². The number of ether oxygens (including phenoxy) is 1. The molecule has 1 heteroatoms. The molecule has 0 aliphatic heterocycles. The molecule has 1 aromatic carbocycles. The van der Waals surface area contributed by atoms with Crippen molar-refractivity contribution in [3.8, 4) is 0 Å². The van der Waals surface area contributed by atoms with Crippen LogP contribution in [-0.2, 0) is 4.74 Å². The Morgan fingerprint density at radius 1 is 1.25 bits per heavy atom. The summed E-state index contributed by atoms with van der Waals surface area (Å²) in [5.41, 5.74) is 1.23. The molecule has 0 bridgehead atoms. The topological polar surface area (TPSA) is 9.23 Å². The van der Waals surface area contributed by atoms with Gasteiger partial charge in [-0.2, -0.15) is 0 Å². The first-order valence-corrected chi connectivity index (χ1v) is 4.39. The lowest BCUT2D eigenvalue weighted by molar-refractivity contribution is 0.156. The van der Waals surface area contributed by atoms with Crippen LogP contribution in [0.5, 0.6) is 0 Å². The van der Waals surface area contributed by atoms with E-state index in [0.29, 0.717) is 0 Å². The number of hydrogen-bond donors (Lipinski definition) is 0. The van der Waals surface area contributed by atoms with Crippen molar-refractivity contribution in [1.82, 2.24) is 0 Å². The molecule has 0 saturated heterocycles. The zero-order chi connectivity index (χ0) is 8.65. The molecule has 0 N–H and O–H groups in total. The Labute approximate surface area is 74.4 Å². The van der Waals surface area contributed by atoms with Crippen LogP contribution < -0.4 is 0 Å². The van der Waals surface area contributed by atoms with Gasteiger partial charge in [0.2, 0.25) is 0 Å². The van der Waals surface area contributed by atoms with Crippen molar-refractivity contribution in [1.29, 1.82) is 0 Å². The molecule has 0 atom stereocenters. The first kappa shape index (κ1) is 9.27. The predicted molar refractivity (Wildman–Crippen MR) is 51.0 cm³/mol. The van der Waals surface area contributed by atoms with E-state index >= 15 is 0 Å². The van der Waals surface area contributed by atoms with Crippen molar-refractivity contribution >= 4 is 0 Å². The molecule has 0 heterocycles. The Morgan fingerprint density at radius 2 is 2.00 bits per heavy atom. The van der Waals surface area contributed by atoms with Crippen LogP contribution >= 0.6 is 0 Å². The molecule has 0 spiro atoms. The monoisotopic (exact) mass is 163 g/mol. The van der Waals surface area contributed by atoms with E-state index in [9.17, 15) is 0 Å². The predicted octanol–water partition coefficient (Wildman–Crippen LogP) is 2.67. The highest BCUT2D eigenvalue weighted by molar-refractivity contribution is 5.22. The van der Waals surface area contributed by atoms with Gasteiger partial charge in [-0.05, 0) is 12.0 Å². The van der Waals surface area contributed by atoms with E-state index in [1.165, 1.54) is 5.56 Å². The molecule has 0 aliphatic carbocycles. The second-order valence-corrected chi connectivity index (χ2v) is 2.69. The van der Waals surface area contributed by atoms with Gasteiger partial charge in [-0.25, -0.2) is 0 Å². The fourth-order valence-corrected chi connectivity index (χ4v) is 0.972. The van der Waals surface area contributed by atoms with Crippen LogP contribution in [0.15, 0.2) is 30.3 Å². The van der Waals surface area contributed by atoms with Gasteiger partial charge in [0.1, 0.15) is 0 Å². The van der Waals surface area contributed by atoms with Gasteiger partial charge < -0.3 is 4.74 Å². The molecule has 1 aromatic rings. The SMILES string of the molecule is CCCOC[CH]c1ccccc1. The Bertz CT molecular complexity index is 193. The quantitative estimate of drug-likeness (QED) is 0.606. The average Bonchev–Trinajstić information content (AvgIpc) is 2.14. The highest BCUT2D eigenvalue weighted by atomic mass is 16.5. The Hall–Kier alpha value is -0.820. The molecule has 0 amide bonds. The molecule has 1 nitrogen and oxygen atoms in total. The van der Waals surface area contributed by atoms with Crippen molar-refractivity contribution < 1.29 is 4.74 Å². The van der Waals surface area contributed by atoms with Gasteiger partial charge in [-0.3, -0.25) is 0 Å². The molecule has 0 fully saturated rings. The van der Waals surface area contributed by atoms with Gasteiger partial charge in [-0.15, -0.1) is 0 Å². The van der Waals surface area contributed by atoms with Crippen LogP contribution in [0.1, 0.15) is 18.9 Å².